The Kier molecular flexibility index (Phi) is 4.52. The first-order valence-electron chi connectivity index (χ1n) is 5.95. The molecule has 0 bridgehead atoms. The van der Waals surface area contributed by atoms with Crippen LogP contribution in [-0.4, -0.2) is 47.6 Å². The molecule has 1 fully saturated rings. The lowest BCUT2D eigenvalue weighted by Crippen LogP contribution is -2.29. The van der Waals surface area contributed by atoms with E-state index in [4.69, 9.17) is 9.26 Å². The van der Waals surface area contributed by atoms with E-state index >= 15 is 0 Å². The van der Waals surface area contributed by atoms with Crippen molar-refractivity contribution in [3.05, 3.63) is 22.7 Å². The number of nitrogens with zero attached hydrogens (tertiary/aromatic N) is 3. The van der Waals surface area contributed by atoms with Crippen molar-refractivity contribution < 1.29 is 14.4 Å². The predicted molar refractivity (Wildman–Crippen MR) is 73.0 cm³/mol. The van der Waals surface area contributed by atoms with Crippen LogP contribution in [0.1, 0.15) is 12.6 Å². The number of ether oxygens (including phenoxy) is 1. The zero-order chi connectivity index (χ0) is 14.0. The minimum atomic E-state index is -0.459. The van der Waals surface area contributed by atoms with Gasteiger partial charge in [-0.25, -0.2) is 4.79 Å². The van der Waals surface area contributed by atoms with Crippen LogP contribution < -0.4 is 10.6 Å². The fraction of sp³-hybridized carbons (Fsp3) is 0.636. The Bertz CT molecular complexity index is 481. The molecule has 7 nitrogen and oxygen atoms in total. The molecule has 1 saturated heterocycles. The van der Waals surface area contributed by atoms with Crippen LogP contribution in [0, 0.1) is 0 Å². The standard InChI is InChI=1S/C11H18N3O4P/c1-13(2)9-3-4-14(11(16)12-9)10-5-7(18-19)8(6-15)17-10/h3-4,7-8,10,15H,5-6,19H2,1-2H3/t7-,8-,10-/m1/s1. The zero-order valence-electron chi connectivity index (χ0n) is 10.9. The first-order valence-corrected chi connectivity index (χ1v) is 6.42. The Labute approximate surface area is 113 Å². The van der Waals surface area contributed by atoms with Crippen LogP contribution in [0.4, 0.5) is 5.82 Å². The molecule has 0 amide bonds. The maximum atomic E-state index is 12.0. The molecule has 1 aliphatic heterocycles. The van der Waals surface area contributed by atoms with E-state index in [9.17, 15) is 9.90 Å². The molecule has 1 N–H and O–H groups in total. The molecule has 0 radical (unpaired) electrons. The second-order valence-corrected chi connectivity index (χ2v) is 4.86. The van der Waals surface area contributed by atoms with E-state index in [2.05, 4.69) is 14.5 Å². The van der Waals surface area contributed by atoms with Crippen LogP contribution in [0.15, 0.2) is 17.1 Å². The molecule has 1 aliphatic rings. The summed E-state index contributed by atoms with van der Waals surface area (Å²) in [5.74, 6) is 0.594. The van der Waals surface area contributed by atoms with E-state index in [1.165, 1.54) is 4.57 Å². The third-order valence-electron chi connectivity index (χ3n) is 3.12. The number of aromatic nitrogens is 2. The summed E-state index contributed by atoms with van der Waals surface area (Å²) in [5, 5.41) is 9.19. The Hall–Kier alpha value is -1.01. The monoisotopic (exact) mass is 287 g/mol. The molecule has 19 heavy (non-hydrogen) atoms. The Morgan fingerprint density at radius 1 is 1.68 bits per heavy atom. The van der Waals surface area contributed by atoms with E-state index in [1.54, 1.807) is 17.2 Å². The molecular formula is C11H18N3O4P. The van der Waals surface area contributed by atoms with Gasteiger partial charge in [-0.2, -0.15) is 4.98 Å². The molecule has 0 spiro atoms. The van der Waals surface area contributed by atoms with Gasteiger partial charge >= 0.3 is 5.69 Å². The lowest BCUT2D eigenvalue weighted by atomic mass is 10.2. The van der Waals surface area contributed by atoms with Crippen LogP contribution in [0.5, 0.6) is 0 Å². The minimum Gasteiger partial charge on any atom is -0.394 e. The van der Waals surface area contributed by atoms with Gasteiger partial charge < -0.3 is 19.3 Å². The number of anilines is 1. The van der Waals surface area contributed by atoms with Gasteiger partial charge in [0.1, 0.15) is 18.1 Å². The number of rotatable bonds is 4. The molecule has 0 saturated carbocycles. The van der Waals surface area contributed by atoms with Crippen molar-refractivity contribution in [1.82, 2.24) is 9.55 Å². The largest absolute Gasteiger partial charge is 0.394 e. The van der Waals surface area contributed by atoms with E-state index in [0.29, 0.717) is 12.2 Å². The van der Waals surface area contributed by atoms with Gasteiger partial charge in [0, 0.05) is 36.2 Å². The molecule has 106 valence electrons. The van der Waals surface area contributed by atoms with Crippen LogP contribution in [-0.2, 0) is 9.26 Å². The van der Waals surface area contributed by atoms with Crippen LogP contribution >= 0.6 is 9.47 Å². The molecule has 0 aromatic carbocycles. The van der Waals surface area contributed by atoms with Gasteiger partial charge in [-0.15, -0.1) is 0 Å². The van der Waals surface area contributed by atoms with Crippen LogP contribution in [0.2, 0.25) is 0 Å². The molecule has 1 aromatic heterocycles. The van der Waals surface area contributed by atoms with E-state index < -0.39 is 12.3 Å². The second-order valence-electron chi connectivity index (χ2n) is 4.59. The summed E-state index contributed by atoms with van der Waals surface area (Å²) in [7, 11) is 5.80. The Balaban J connectivity index is 2.22. The van der Waals surface area contributed by atoms with Gasteiger partial charge in [0.05, 0.1) is 12.7 Å². The van der Waals surface area contributed by atoms with Gasteiger partial charge in [-0.3, -0.25) is 4.57 Å². The fourth-order valence-electron chi connectivity index (χ4n) is 2.05. The summed E-state index contributed by atoms with van der Waals surface area (Å²) >= 11 is 0. The summed E-state index contributed by atoms with van der Waals surface area (Å²) in [4.78, 5) is 17.7. The van der Waals surface area contributed by atoms with Crippen molar-refractivity contribution in [2.75, 3.05) is 25.6 Å². The molecule has 8 heteroatoms. The first kappa shape index (κ1) is 14.4. The Morgan fingerprint density at radius 3 is 2.89 bits per heavy atom. The van der Waals surface area contributed by atoms with E-state index in [-0.39, 0.29) is 18.4 Å². The molecule has 4 atom stereocenters. The molecule has 1 unspecified atom stereocenters. The fourth-order valence-corrected chi connectivity index (χ4v) is 2.34. The summed E-state index contributed by atoms with van der Waals surface area (Å²) in [6.45, 7) is -0.145. The number of aliphatic hydroxyl groups is 1. The van der Waals surface area contributed by atoms with Gasteiger partial charge in [0.15, 0.2) is 0 Å². The maximum Gasteiger partial charge on any atom is 0.351 e. The quantitative estimate of drug-likeness (QED) is 0.771. The minimum absolute atomic E-state index is 0.145. The number of aliphatic hydroxyl groups excluding tert-OH is 1. The molecule has 2 heterocycles. The van der Waals surface area contributed by atoms with Crippen molar-refractivity contribution in [3.8, 4) is 0 Å². The average Bonchev–Trinajstić information content (AvgIpc) is 2.81. The van der Waals surface area contributed by atoms with Gasteiger partial charge in [0.2, 0.25) is 0 Å². The summed E-state index contributed by atoms with van der Waals surface area (Å²) < 4.78 is 12.2. The second kappa shape index (κ2) is 5.96. The summed E-state index contributed by atoms with van der Waals surface area (Å²) in [6, 6.07) is 1.74. The lowest BCUT2D eigenvalue weighted by molar-refractivity contribution is -0.0401. The van der Waals surface area contributed by atoms with Crippen molar-refractivity contribution in [1.29, 1.82) is 0 Å². The zero-order valence-corrected chi connectivity index (χ0v) is 12.0. The maximum absolute atomic E-state index is 12.0. The SMILES string of the molecule is CN(C)c1ccn([C@H]2C[C@@H](OP)[C@@H](CO)O2)c(=O)n1. The predicted octanol–water partition coefficient (Wildman–Crippen LogP) is -0.236. The molecule has 0 aliphatic carbocycles. The highest BCUT2D eigenvalue weighted by molar-refractivity contribution is 7.09. The molecule has 1 aromatic rings. The highest BCUT2D eigenvalue weighted by atomic mass is 31.0. The van der Waals surface area contributed by atoms with Gasteiger partial charge in [-0.1, -0.05) is 0 Å². The number of hydrogen-bond acceptors (Lipinski definition) is 6. The summed E-state index contributed by atoms with van der Waals surface area (Å²) in [5.41, 5.74) is -0.378. The average molecular weight is 287 g/mol. The third-order valence-corrected chi connectivity index (χ3v) is 3.47. The lowest BCUT2D eigenvalue weighted by Gasteiger charge is -2.16. The van der Waals surface area contributed by atoms with Gasteiger partial charge in [0.25, 0.3) is 0 Å². The summed E-state index contributed by atoms with van der Waals surface area (Å²) in [6.07, 6.45) is 1.01. The smallest absolute Gasteiger partial charge is 0.351 e. The van der Waals surface area contributed by atoms with Crippen molar-refractivity contribution in [2.24, 2.45) is 0 Å². The van der Waals surface area contributed by atoms with Crippen molar-refractivity contribution in [2.45, 2.75) is 24.9 Å². The number of hydrogen-bond donors (Lipinski definition) is 1. The molecular weight excluding hydrogens is 269 g/mol. The van der Waals surface area contributed by atoms with E-state index in [0.717, 1.165) is 0 Å². The van der Waals surface area contributed by atoms with Gasteiger partial charge in [-0.05, 0) is 6.07 Å². The first-order chi connectivity index (χ1) is 9.06. The normalized spacial score (nSPS) is 26.6. The highest BCUT2D eigenvalue weighted by Crippen LogP contribution is 2.30. The highest BCUT2D eigenvalue weighted by Gasteiger charge is 2.36. The molecule has 2 rings (SSSR count). The Morgan fingerprint density at radius 2 is 2.42 bits per heavy atom. The van der Waals surface area contributed by atoms with Crippen molar-refractivity contribution in [3.63, 3.8) is 0 Å². The van der Waals surface area contributed by atoms with E-state index in [1.807, 2.05) is 14.1 Å². The van der Waals surface area contributed by atoms with Crippen LogP contribution in [0.3, 0.4) is 0 Å². The van der Waals surface area contributed by atoms with Crippen molar-refractivity contribution >= 4 is 15.3 Å². The van der Waals surface area contributed by atoms with Crippen LogP contribution in [0.25, 0.3) is 0 Å². The topological polar surface area (TPSA) is 76.8 Å². The third kappa shape index (κ3) is 2.95.